The first-order chi connectivity index (χ1) is 9.22. The molecule has 0 heterocycles. The van der Waals surface area contributed by atoms with Gasteiger partial charge in [-0.3, -0.25) is 0 Å². The predicted molar refractivity (Wildman–Crippen MR) is 69.7 cm³/mol. The minimum Gasteiger partial charge on any atom is -0.497 e. The van der Waals surface area contributed by atoms with Crippen molar-refractivity contribution in [1.82, 2.24) is 0 Å². The van der Waals surface area contributed by atoms with Crippen LogP contribution < -0.4 is 15.2 Å². The minimum atomic E-state index is 0.00245. The molecule has 0 aliphatic heterocycles. The molecule has 0 radical (unpaired) electrons. The van der Waals surface area contributed by atoms with E-state index in [0.29, 0.717) is 23.0 Å². The molecule has 104 valence electrons. The number of ether oxygens (including phenoxy) is 3. The Kier molecular flexibility index (Phi) is 4.46. The number of hydrogen-bond acceptors (Lipinski definition) is 5. The fraction of sp³-hybridized carbons (Fsp3) is 0.462. The van der Waals surface area contributed by atoms with E-state index in [-0.39, 0.29) is 12.6 Å². The average Bonchev–Trinajstić information content (AvgIpc) is 3.26. The summed E-state index contributed by atoms with van der Waals surface area (Å²) in [6.07, 6.45) is 2.49. The molecule has 1 aromatic rings. The molecule has 1 fully saturated rings. The lowest BCUT2D eigenvalue weighted by Gasteiger charge is -2.10. The van der Waals surface area contributed by atoms with E-state index >= 15 is 0 Å². The highest BCUT2D eigenvalue weighted by molar-refractivity contribution is 5.97. The van der Waals surface area contributed by atoms with Crippen LogP contribution in [0.5, 0.6) is 11.5 Å². The zero-order valence-corrected chi connectivity index (χ0v) is 10.8. The van der Waals surface area contributed by atoms with Crippen molar-refractivity contribution in [1.29, 1.82) is 0 Å². The fourth-order valence-corrected chi connectivity index (χ4v) is 1.59. The van der Waals surface area contributed by atoms with Crippen molar-refractivity contribution in [2.75, 3.05) is 20.5 Å². The van der Waals surface area contributed by atoms with Crippen LogP contribution in [0, 0.1) is 5.92 Å². The van der Waals surface area contributed by atoms with Gasteiger partial charge in [0.25, 0.3) is 0 Å². The second-order valence-corrected chi connectivity index (χ2v) is 4.46. The van der Waals surface area contributed by atoms with Gasteiger partial charge in [-0.25, -0.2) is 0 Å². The average molecular weight is 266 g/mol. The predicted octanol–water partition coefficient (Wildman–Crippen LogP) is 1.55. The van der Waals surface area contributed by atoms with Crippen LogP contribution in [0.1, 0.15) is 18.4 Å². The Morgan fingerprint density at radius 1 is 1.37 bits per heavy atom. The molecule has 1 aliphatic carbocycles. The molecule has 2 rings (SSSR count). The lowest BCUT2D eigenvalue weighted by atomic mass is 10.2. The summed E-state index contributed by atoms with van der Waals surface area (Å²) in [4.78, 5) is 0. The summed E-state index contributed by atoms with van der Waals surface area (Å²) in [6.45, 7) is 0.913. The SMILES string of the molecule is COc1cc(OCOCC2CC2)cc(/C(N)=N/O)c1. The van der Waals surface area contributed by atoms with Crippen LogP contribution in [0.2, 0.25) is 0 Å². The highest BCUT2D eigenvalue weighted by Crippen LogP contribution is 2.29. The molecular weight excluding hydrogens is 248 g/mol. The molecule has 0 amide bonds. The van der Waals surface area contributed by atoms with Gasteiger partial charge < -0.3 is 25.2 Å². The lowest BCUT2D eigenvalue weighted by molar-refractivity contribution is 0.00988. The van der Waals surface area contributed by atoms with Gasteiger partial charge in [0.15, 0.2) is 12.6 Å². The van der Waals surface area contributed by atoms with Gasteiger partial charge in [-0.1, -0.05) is 5.16 Å². The molecule has 0 atom stereocenters. The maximum absolute atomic E-state index is 8.68. The second kappa shape index (κ2) is 6.29. The zero-order chi connectivity index (χ0) is 13.7. The van der Waals surface area contributed by atoms with Gasteiger partial charge in [-0.15, -0.1) is 0 Å². The van der Waals surface area contributed by atoms with Crippen molar-refractivity contribution in [2.45, 2.75) is 12.8 Å². The molecule has 19 heavy (non-hydrogen) atoms. The van der Waals surface area contributed by atoms with E-state index in [4.69, 9.17) is 25.2 Å². The standard InChI is InChI=1S/C13H18N2O4/c1-17-11-4-10(13(14)15-16)5-12(6-11)19-8-18-7-9-2-3-9/h4-6,9,16H,2-3,7-8H2,1H3,(H2,14,15). The molecule has 1 aliphatic rings. The fourth-order valence-electron chi connectivity index (χ4n) is 1.59. The number of nitrogens with two attached hydrogens (primary N) is 1. The maximum atomic E-state index is 8.68. The summed E-state index contributed by atoms with van der Waals surface area (Å²) in [5.41, 5.74) is 6.07. The molecule has 0 saturated heterocycles. The first-order valence-electron chi connectivity index (χ1n) is 6.10. The van der Waals surface area contributed by atoms with Gasteiger partial charge in [0.1, 0.15) is 11.5 Å². The Bertz CT molecular complexity index is 458. The van der Waals surface area contributed by atoms with Crippen molar-refractivity contribution < 1.29 is 19.4 Å². The number of benzene rings is 1. The Morgan fingerprint density at radius 2 is 2.11 bits per heavy atom. The quantitative estimate of drug-likeness (QED) is 0.195. The van der Waals surface area contributed by atoms with E-state index in [1.165, 1.54) is 12.8 Å². The summed E-state index contributed by atoms with van der Waals surface area (Å²) < 4.78 is 16.0. The molecule has 6 nitrogen and oxygen atoms in total. The number of oxime groups is 1. The van der Waals surface area contributed by atoms with Crippen LogP contribution in [0.3, 0.4) is 0 Å². The molecule has 0 bridgehead atoms. The Morgan fingerprint density at radius 3 is 2.74 bits per heavy atom. The van der Waals surface area contributed by atoms with Crippen LogP contribution in [0.4, 0.5) is 0 Å². The Hall–Kier alpha value is -1.95. The van der Waals surface area contributed by atoms with Gasteiger partial charge in [-0.2, -0.15) is 0 Å². The van der Waals surface area contributed by atoms with Crippen LogP contribution in [-0.4, -0.2) is 31.6 Å². The molecular formula is C13H18N2O4. The zero-order valence-electron chi connectivity index (χ0n) is 10.8. The van der Waals surface area contributed by atoms with Crippen LogP contribution in [0.15, 0.2) is 23.4 Å². The first kappa shape index (κ1) is 13.5. The molecule has 0 spiro atoms. The van der Waals surface area contributed by atoms with E-state index in [1.54, 1.807) is 25.3 Å². The van der Waals surface area contributed by atoms with Gasteiger partial charge in [0, 0.05) is 11.6 Å². The van der Waals surface area contributed by atoms with Crippen molar-refractivity contribution in [2.24, 2.45) is 16.8 Å². The summed E-state index contributed by atoms with van der Waals surface area (Å²) >= 11 is 0. The van der Waals surface area contributed by atoms with E-state index in [1.807, 2.05) is 0 Å². The third kappa shape index (κ3) is 4.03. The number of rotatable bonds is 7. The summed E-state index contributed by atoms with van der Waals surface area (Å²) in [5, 5.41) is 11.6. The van der Waals surface area contributed by atoms with Crippen molar-refractivity contribution >= 4 is 5.84 Å². The third-order valence-corrected chi connectivity index (χ3v) is 2.88. The van der Waals surface area contributed by atoms with Gasteiger partial charge >= 0.3 is 0 Å². The molecule has 6 heteroatoms. The van der Waals surface area contributed by atoms with Gasteiger partial charge in [-0.05, 0) is 30.9 Å². The number of hydrogen-bond donors (Lipinski definition) is 2. The normalized spacial score (nSPS) is 15.3. The van der Waals surface area contributed by atoms with Crippen LogP contribution in [-0.2, 0) is 4.74 Å². The van der Waals surface area contributed by atoms with Crippen LogP contribution >= 0.6 is 0 Å². The topological polar surface area (TPSA) is 86.3 Å². The molecule has 0 unspecified atom stereocenters. The highest BCUT2D eigenvalue weighted by atomic mass is 16.7. The maximum Gasteiger partial charge on any atom is 0.189 e. The van der Waals surface area contributed by atoms with Crippen molar-refractivity contribution in [3.05, 3.63) is 23.8 Å². The number of methoxy groups -OCH3 is 1. The molecule has 0 aromatic heterocycles. The summed E-state index contributed by atoms with van der Waals surface area (Å²) in [6, 6.07) is 5.04. The molecule has 3 N–H and O–H groups in total. The number of nitrogens with zero attached hydrogens (tertiary/aromatic N) is 1. The number of amidine groups is 1. The molecule has 1 aromatic carbocycles. The Labute approximate surface area is 111 Å². The largest absolute Gasteiger partial charge is 0.497 e. The summed E-state index contributed by atoms with van der Waals surface area (Å²) in [5.74, 6) is 1.82. The highest BCUT2D eigenvalue weighted by Gasteiger charge is 2.21. The van der Waals surface area contributed by atoms with Gasteiger partial charge in [0.2, 0.25) is 0 Å². The van der Waals surface area contributed by atoms with Crippen molar-refractivity contribution in [3.8, 4) is 11.5 Å². The summed E-state index contributed by atoms with van der Waals surface area (Å²) in [7, 11) is 1.54. The Balaban J connectivity index is 1.96. The minimum absolute atomic E-state index is 0.00245. The van der Waals surface area contributed by atoms with E-state index < -0.39 is 0 Å². The second-order valence-electron chi connectivity index (χ2n) is 4.46. The van der Waals surface area contributed by atoms with Gasteiger partial charge in [0.05, 0.1) is 13.7 Å². The first-order valence-corrected chi connectivity index (χ1v) is 6.10. The smallest absolute Gasteiger partial charge is 0.189 e. The lowest BCUT2D eigenvalue weighted by Crippen LogP contribution is -2.13. The third-order valence-electron chi connectivity index (χ3n) is 2.88. The van der Waals surface area contributed by atoms with E-state index in [2.05, 4.69) is 5.16 Å². The monoisotopic (exact) mass is 266 g/mol. The van der Waals surface area contributed by atoms with Crippen LogP contribution in [0.25, 0.3) is 0 Å². The van der Waals surface area contributed by atoms with E-state index in [9.17, 15) is 0 Å². The van der Waals surface area contributed by atoms with Crippen molar-refractivity contribution in [3.63, 3.8) is 0 Å². The van der Waals surface area contributed by atoms with E-state index in [0.717, 1.165) is 6.61 Å². The molecule has 1 saturated carbocycles.